The van der Waals surface area contributed by atoms with Crippen LogP contribution in [-0.2, 0) is 38.0 Å². The number of carbonyl (C=O) groups excluding carboxylic acids is 2. The van der Waals surface area contributed by atoms with Gasteiger partial charge in [0, 0.05) is 0 Å². The molecule has 0 aliphatic carbocycles. The van der Waals surface area contributed by atoms with E-state index in [0.717, 1.165) is 70.6 Å². The van der Waals surface area contributed by atoms with Gasteiger partial charge in [0.1, 0.15) is 79.4 Å². The van der Waals surface area contributed by atoms with E-state index in [1.54, 1.807) is 0 Å². The second-order valence-corrected chi connectivity index (χ2v) is 23.6. The van der Waals surface area contributed by atoms with Crippen molar-refractivity contribution in [2.75, 3.05) is 19.8 Å². The van der Waals surface area contributed by atoms with Crippen molar-refractivity contribution in [1.29, 1.82) is 0 Å². The van der Waals surface area contributed by atoms with Gasteiger partial charge in [-0.25, -0.2) is 0 Å². The van der Waals surface area contributed by atoms with Crippen molar-refractivity contribution in [2.24, 2.45) is 0 Å². The fourth-order valence-corrected chi connectivity index (χ4v) is 11.1. The molecular weight excluding hydrogens is 1070 g/mol. The average Bonchev–Trinajstić information content (AvgIpc) is 3.16. The van der Waals surface area contributed by atoms with Gasteiger partial charge in [-0.15, -0.1) is 0 Å². The number of rotatable bonds is 47. The zero-order valence-electron chi connectivity index (χ0n) is 49.9. The predicted molar refractivity (Wildman–Crippen MR) is 304 cm³/mol. The number of aliphatic hydroxyl groups excluding tert-OH is 13. The lowest BCUT2D eigenvalue weighted by Crippen LogP contribution is -2.67. The number of ketones is 1. The first-order chi connectivity index (χ1) is 39.4. The van der Waals surface area contributed by atoms with Crippen LogP contribution < -0.4 is 5.32 Å². The summed E-state index contributed by atoms with van der Waals surface area (Å²) in [5.41, 5.74) is 0. The number of Topliss-reactive ketones (excluding diaryl/α,β-unsaturated/α-hetero) is 1. The van der Waals surface area contributed by atoms with Crippen LogP contribution in [-0.4, -0.2) is 220 Å². The highest BCUT2D eigenvalue weighted by atomic mass is 16.8. The average molecular weight is 1180 g/mol. The number of nitrogens with one attached hydrogen (secondary N) is 1. The molecule has 3 heterocycles. The molecule has 22 nitrogen and oxygen atoms in total. The van der Waals surface area contributed by atoms with E-state index in [4.69, 9.17) is 28.4 Å². The molecular formula is C60H113NO21. The summed E-state index contributed by atoms with van der Waals surface area (Å²) in [4.78, 5) is 26.9. The number of hydrogen-bond acceptors (Lipinski definition) is 21. The Kier molecular flexibility index (Phi) is 39.2. The Balaban J connectivity index is 1.63. The van der Waals surface area contributed by atoms with Gasteiger partial charge >= 0.3 is 0 Å². The fraction of sp³-hybridized carbons (Fsp3) is 0.967. The quantitative estimate of drug-likeness (QED) is 0.0306. The van der Waals surface area contributed by atoms with Gasteiger partial charge in [-0.05, 0) is 19.8 Å². The minimum absolute atomic E-state index is 0.00348. The lowest BCUT2D eigenvalue weighted by atomic mass is 9.96. The molecule has 3 saturated heterocycles. The topological polar surface area (TPSA) is 365 Å². The molecule has 14 N–H and O–H groups in total. The first kappa shape index (κ1) is 74.6. The van der Waals surface area contributed by atoms with Crippen LogP contribution in [0.1, 0.15) is 226 Å². The van der Waals surface area contributed by atoms with Crippen molar-refractivity contribution in [3.8, 4) is 0 Å². The summed E-state index contributed by atoms with van der Waals surface area (Å²) >= 11 is 0. The van der Waals surface area contributed by atoms with Gasteiger partial charge in [-0.3, -0.25) is 9.59 Å². The number of unbranched alkanes of at least 4 members (excludes halogenated alkanes) is 28. The third kappa shape index (κ3) is 26.4. The molecule has 82 heavy (non-hydrogen) atoms. The van der Waals surface area contributed by atoms with Crippen molar-refractivity contribution in [2.45, 2.75) is 349 Å². The molecule has 0 spiro atoms. The maximum atomic E-state index is 13.6. The first-order valence-corrected chi connectivity index (χ1v) is 31.9. The summed E-state index contributed by atoms with van der Waals surface area (Å²) in [7, 11) is 0. The number of hydrogen-bond donors (Lipinski definition) is 14. The van der Waals surface area contributed by atoms with E-state index in [1.807, 2.05) is 0 Å². The van der Waals surface area contributed by atoms with E-state index in [2.05, 4.69) is 19.2 Å². The Hall–Kier alpha value is -1.62. The first-order valence-electron chi connectivity index (χ1n) is 31.9. The molecule has 0 aromatic rings. The molecule has 1 amide bonds. The molecule has 3 aliphatic rings. The molecule has 20 atom stereocenters. The lowest BCUT2D eigenvalue weighted by molar-refractivity contribution is -0.386. The third-order valence-corrected chi connectivity index (χ3v) is 16.6. The second-order valence-electron chi connectivity index (χ2n) is 23.6. The third-order valence-electron chi connectivity index (χ3n) is 16.6. The van der Waals surface area contributed by atoms with Crippen molar-refractivity contribution < 1.29 is 104 Å². The lowest BCUT2D eigenvalue weighted by Gasteiger charge is -2.49. The van der Waals surface area contributed by atoms with Gasteiger partial charge in [-0.2, -0.15) is 0 Å². The summed E-state index contributed by atoms with van der Waals surface area (Å²) in [6, 6.07) is -1.62. The SMILES string of the molecule is CCCCCCCCCCCCCCCCCCCCCC[C@@H](O)C(=O)[C@@H](O)C(=O)N[C@@H](CO[C@@H]1O[C@H](CO)[C@@H](O[C@@H]2O[C@H](CO)[C@H](O)[C@H](O)[C@H]2O)[C@H](O[C@H]2O[C@H](C)[C@H](O)[C@H](O)[C@H]2O)[C@H]1O)[C@H](O)[C@H](O)CCCCCCCCCCCC. The highest BCUT2D eigenvalue weighted by Gasteiger charge is 2.54. The normalized spacial score (nSPS) is 30.7. The molecule has 0 radical (unpaired) electrons. The molecule has 3 aliphatic heterocycles. The van der Waals surface area contributed by atoms with Gasteiger partial charge < -0.3 is 100 Å². The molecule has 0 saturated carbocycles. The van der Waals surface area contributed by atoms with E-state index < -0.39 is 154 Å². The Labute approximate surface area is 488 Å². The van der Waals surface area contributed by atoms with Crippen LogP contribution in [0, 0.1) is 0 Å². The van der Waals surface area contributed by atoms with Crippen molar-refractivity contribution >= 4 is 11.7 Å². The molecule has 484 valence electrons. The highest BCUT2D eigenvalue weighted by molar-refractivity contribution is 6.05. The summed E-state index contributed by atoms with van der Waals surface area (Å²) in [5.74, 6) is -2.49. The molecule has 0 aromatic carbocycles. The number of amides is 1. The van der Waals surface area contributed by atoms with Crippen molar-refractivity contribution in [1.82, 2.24) is 5.32 Å². The highest BCUT2D eigenvalue weighted by Crippen LogP contribution is 2.34. The minimum atomic E-state index is -2.39. The molecule has 3 fully saturated rings. The molecule has 22 heteroatoms. The molecule has 0 bridgehead atoms. The smallest absolute Gasteiger partial charge is 0.257 e. The van der Waals surface area contributed by atoms with Crippen LogP contribution in [0.25, 0.3) is 0 Å². The monoisotopic (exact) mass is 1180 g/mol. The maximum Gasteiger partial charge on any atom is 0.257 e. The molecule has 0 unspecified atom stereocenters. The maximum absolute atomic E-state index is 13.6. The Morgan fingerprint density at radius 1 is 0.451 bits per heavy atom. The number of aliphatic hydroxyl groups is 13. The fourth-order valence-electron chi connectivity index (χ4n) is 11.1. The van der Waals surface area contributed by atoms with Crippen LogP contribution in [0.4, 0.5) is 0 Å². The van der Waals surface area contributed by atoms with E-state index in [0.29, 0.717) is 12.8 Å². The van der Waals surface area contributed by atoms with E-state index in [1.165, 1.54) is 116 Å². The van der Waals surface area contributed by atoms with Crippen LogP contribution in [0.5, 0.6) is 0 Å². The minimum Gasteiger partial charge on any atom is -0.394 e. The van der Waals surface area contributed by atoms with Gasteiger partial charge in [-0.1, -0.05) is 206 Å². The van der Waals surface area contributed by atoms with E-state index in [-0.39, 0.29) is 12.8 Å². The second kappa shape index (κ2) is 43.1. The Morgan fingerprint density at radius 2 is 0.841 bits per heavy atom. The van der Waals surface area contributed by atoms with Crippen LogP contribution in [0.2, 0.25) is 0 Å². The number of ether oxygens (including phenoxy) is 6. The largest absolute Gasteiger partial charge is 0.394 e. The summed E-state index contributed by atoms with van der Waals surface area (Å²) in [6.45, 7) is 3.19. The van der Waals surface area contributed by atoms with Gasteiger partial charge in [0.15, 0.2) is 30.8 Å². The standard InChI is InChI=1S/C60H113NO21/c1-4-6-8-10-12-14-16-17-18-19-20-21-22-23-24-25-27-29-31-33-35-42(65)47(68)51(72)57(76)61-40(46(67)41(64)34-32-30-28-26-15-13-11-9-7-5-2)38-77-58-54(75)56(82-59-52(73)49(70)45(66)39(3)78-59)55(44(37-63)80-58)81-60-53(74)50(71)48(69)43(36-62)79-60/h39-46,48-56,58-60,62-67,69-75H,4-38H2,1-3H3,(H,61,76)/t39-,40+,41-,42-,43-,44-,45+,46+,48+,49+,50+,51-,52-,53-,54-,55-,56-,58-,59-,60+/m1/s1. The molecule has 0 aromatic heterocycles. The summed E-state index contributed by atoms with van der Waals surface area (Å²) < 4.78 is 34.9. The zero-order valence-corrected chi connectivity index (χ0v) is 49.9. The van der Waals surface area contributed by atoms with Crippen molar-refractivity contribution in [3.05, 3.63) is 0 Å². The van der Waals surface area contributed by atoms with Crippen LogP contribution >= 0.6 is 0 Å². The van der Waals surface area contributed by atoms with E-state index >= 15 is 0 Å². The van der Waals surface area contributed by atoms with Gasteiger partial charge in [0.05, 0.1) is 38.1 Å². The predicted octanol–water partition coefficient (Wildman–Crippen LogP) is 3.50. The Morgan fingerprint density at radius 3 is 1.29 bits per heavy atom. The molecule has 3 rings (SSSR count). The van der Waals surface area contributed by atoms with E-state index in [9.17, 15) is 76.0 Å². The Bertz CT molecular complexity index is 1620. The van der Waals surface area contributed by atoms with Crippen molar-refractivity contribution in [3.63, 3.8) is 0 Å². The number of carbonyl (C=O) groups is 2. The van der Waals surface area contributed by atoms with Gasteiger partial charge in [0.25, 0.3) is 5.91 Å². The summed E-state index contributed by atoms with van der Waals surface area (Å²) in [6.07, 6.45) is 0.238. The van der Waals surface area contributed by atoms with Gasteiger partial charge in [0.2, 0.25) is 0 Å². The summed E-state index contributed by atoms with van der Waals surface area (Å²) in [5, 5.41) is 143. The van der Waals surface area contributed by atoms with Crippen LogP contribution in [0.15, 0.2) is 0 Å². The van der Waals surface area contributed by atoms with Crippen LogP contribution in [0.3, 0.4) is 0 Å². The zero-order chi connectivity index (χ0) is 60.4.